The van der Waals surface area contributed by atoms with Gasteiger partial charge in [-0.15, -0.1) is 0 Å². The molecule has 1 fully saturated rings. The molecule has 94 valence electrons. The Labute approximate surface area is 102 Å². The Hall–Kier alpha value is -1.26. The largest absolute Gasteiger partial charge is 0.507 e. The van der Waals surface area contributed by atoms with Crippen LogP contribution >= 0.6 is 0 Å². The van der Waals surface area contributed by atoms with Gasteiger partial charge in [0.05, 0.1) is 5.56 Å². The summed E-state index contributed by atoms with van der Waals surface area (Å²) in [6.45, 7) is 6.96. The lowest BCUT2D eigenvalue weighted by molar-refractivity contribution is 0.154. The van der Waals surface area contributed by atoms with E-state index in [0.717, 1.165) is 19.6 Å². The van der Waals surface area contributed by atoms with Crippen molar-refractivity contribution in [2.45, 2.75) is 25.9 Å². The highest BCUT2D eigenvalue weighted by Crippen LogP contribution is 2.35. The maximum atomic E-state index is 9.86. The van der Waals surface area contributed by atoms with E-state index in [1.165, 1.54) is 0 Å². The molecule has 0 amide bonds. The molecule has 0 aromatic heterocycles. The van der Waals surface area contributed by atoms with Crippen LogP contribution < -0.4 is 5.32 Å². The van der Waals surface area contributed by atoms with Crippen LogP contribution in [0.15, 0.2) is 18.2 Å². The molecule has 2 rings (SSSR count). The summed E-state index contributed by atoms with van der Waals surface area (Å²) in [5.41, 5.74) is 0.626. The van der Waals surface area contributed by atoms with Crippen molar-refractivity contribution < 1.29 is 10.2 Å². The molecular weight excluding hydrogens is 216 g/mol. The van der Waals surface area contributed by atoms with Crippen LogP contribution in [0.3, 0.4) is 0 Å². The van der Waals surface area contributed by atoms with Gasteiger partial charge in [0, 0.05) is 31.7 Å². The van der Waals surface area contributed by atoms with Gasteiger partial charge in [-0.1, -0.05) is 6.07 Å². The second kappa shape index (κ2) is 4.94. The molecule has 1 aromatic carbocycles. The van der Waals surface area contributed by atoms with Crippen LogP contribution in [0.2, 0.25) is 0 Å². The Morgan fingerprint density at radius 3 is 2.59 bits per heavy atom. The number of piperazine rings is 1. The van der Waals surface area contributed by atoms with Gasteiger partial charge < -0.3 is 15.5 Å². The average molecular weight is 236 g/mol. The highest BCUT2D eigenvalue weighted by atomic mass is 16.3. The molecule has 4 nitrogen and oxygen atoms in total. The Morgan fingerprint density at radius 1 is 1.35 bits per heavy atom. The maximum absolute atomic E-state index is 9.86. The van der Waals surface area contributed by atoms with Gasteiger partial charge in [-0.2, -0.15) is 0 Å². The fraction of sp³-hybridized carbons (Fsp3) is 0.538. The van der Waals surface area contributed by atoms with E-state index in [4.69, 9.17) is 0 Å². The van der Waals surface area contributed by atoms with Gasteiger partial charge in [-0.05, 0) is 26.0 Å². The fourth-order valence-corrected chi connectivity index (χ4v) is 2.47. The molecule has 17 heavy (non-hydrogen) atoms. The molecule has 1 aliphatic rings. The van der Waals surface area contributed by atoms with Gasteiger partial charge in [0.15, 0.2) is 0 Å². The highest BCUT2D eigenvalue weighted by Gasteiger charge is 2.25. The zero-order valence-corrected chi connectivity index (χ0v) is 10.3. The van der Waals surface area contributed by atoms with Crippen molar-refractivity contribution in [2.75, 3.05) is 19.6 Å². The van der Waals surface area contributed by atoms with Crippen LogP contribution in [0, 0.1) is 0 Å². The Kier molecular flexibility index (Phi) is 3.54. The molecule has 4 heteroatoms. The number of hydrogen-bond acceptors (Lipinski definition) is 4. The topological polar surface area (TPSA) is 55.7 Å². The van der Waals surface area contributed by atoms with Crippen LogP contribution in [-0.2, 0) is 0 Å². The van der Waals surface area contributed by atoms with E-state index < -0.39 is 0 Å². The van der Waals surface area contributed by atoms with E-state index in [9.17, 15) is 10.2 Å². The Morgan fingerprint density at radius 2 is 2.00 bits per heavy atom. The zero-order chi connectivity index (χ0) is 12.4. The van der Waals surface area contributed by atoms with Crippen molar-refractivity contribution in [3.05, 3.63) is 23.8 Å². The second-order valence-electron chi connectivity index (χ2n) is 4.74. The zero-order valence-electron chi connectivity index (χ0n) is 10.3. The first-order chi connectivity index (χ1) is 8.09. The number of rotatable bonds is 2. The van der Waals surface area contributed by atoms with E-state index in [-0.39, 0.29) is 17.5 Å². The summed E-state index contributed by atoms with van der Waals surface area (Å²) in [6, 6.07) is 5.37. The summed E-state index contributed by atoms with van der Waals surface area (Å²) in [6.07, 6.45) is 0. The van der Waals surface area contributed by atoms with Crippen molar-refractivity contribution in [3.8, 4) is 11.5 Å². The minimum atomic E-state index is 0.0285. The van der Waals surface area contributed by atoms with Crippen molar-refractivity contribution in [2.24, 2.45) is 0 Å². The standard InChI is InChI=1S/C13H20N2O2/c1-9-8-15(7-6-14-9)10(2)13-11(16)4-3-5-12(13)17/h3-5,9-10,14,16-17H,6-8H2,1-2H3. The van der Waals surface area contributed by atoms with Gasteiger partial charge in [0.1, 0.15) is 11.5 Å². The van der Waals surface area contributed by atoms with Crippen molar-refractivity contribution in [3.63, 3.8) is 0 Å². The van der Waals surface area contributed by atoms with E-state index in [1.54, 1.807) is 18.2 Å². The summed E-state index contributed by atoms with van der Waals surface area (Å²) < 4.78 is 0. The molecule has 1 heterocycles. The highest BCUT2D eigenvalue weighted by molar-refractivity contribution is 5.45. The first kappa shape index (κ1) is 12.2. The Balaban J connectivity index is 2.21. The molecular formula is C13H20N2O2. The predicted molar refractivity (Wildman–Crippen MR) is 67.2 cm³/mol. The maximum Gasteiger partial charge on any atom is 0.124 e. The molecule has 0 aliphatic carbocycles. The van der Waals surface area contributed by atoms with Crippen LogP contribution in [0.5, 0.6) is 11.5 Å². The third-order valence-electron chi connectivity index (χ3n) is 3.43. The van der Waals surface area contributed by atoms with Gasteiger partial charge in [-0.3, -0.25) is 4.90 Å². The number of nitrogens with one attached hydrogen (secondary N) is 1. The second-order valence-corrected chi connectivity index (χ2v) is 4.74. The number of aromatic hydroxyl groups is 2. The molecule has 0 radical (unpaired) electrons. The monoisotopic (exact) mass is 236 g/mol. The van der Waals surface area contributed by atoms with Gasteiger partial charge >= 0.3 is 0 Å². The average Bonchev–Trinajstić information content (AvgIpc) is 2.28. The third kappa shape index (κ3) is 2.53. The van der Waals surface area contributed by atoms with E-state index >= 15 is 0 Å². The van der Waals surface area contributed by atoms with E-state index in [2.05, 4.69) is 17.1 Å². The fourth-order valence-electron chi connectivity index (χ4n) is 2.47. The van der Waals surface area contributed by atoms with Crippen LogP contribution in [0.4, 0.5) is 0 Å². The molecule has 0 saturated carbocycles. The lowest BCUT2D eigenvalue weighted by atomic mass is 10.0. The molecule has 0 bridgehead atoms. The lowest BCUT2D eigenvalue weighted by Gasteiger charge is -2.36. The quantitative estimate of drug-likeness (QED) is 0.727. The lowest BCUT2D eigenvalue weighted by Crippen LogP contribution is -2.49. The van der Waals surface area contributed by atoms with E-state index in [1.807, 2.05) is 6.92 Å². The van der Waals surface area contributed by atoms with Crippen molar-refractivity contribution in [1.29, 1.82) is 0 Å². The van der Waals surface area contributed by atoms with Gasteiger partial charge in [0.2, 0.25) is 0 Å². The summed E-state index contributed by atoms with van der Waals surface area (Å²) >= 11 is 0. The van der Waals surface area contributed by atoms with Crippen molar-refractivity contribution >= 4 is 0 Å². The summed E-state index contributed by atoms with van der Waals surface area (Å²) in [5.74, 6) is 0.340. The molecule has 2 atom stereocenters. The molecule has 3 N–H and O–H groups in total. The molecule has 0 spiro atoms. The normalized spacial score (nSPS) is 23.5. The van der Waals surface area contributed by atoms with Crippen molar-refractivity contribution in [1.82, 2.24) is 10.2 Å². The van der Waals surface area contributed by atoms with E-state index in [0.29, 0.717) is 11.6 Å². The summed E-state index contributed by atoms with van der Waals surface area (Å²) in [4.78, 5) is 2.27. The summed E-state index contributed by atoms with van der Waals surface area (Å²) in [7, 11) is 0. The molecule has 1 saturated heterocycles. The molecule has 1 aromatic rings. The number of nitrogens with zero attached hydrogens (tertiary/aromatic N) is 1. The minimum absolute atomic E-state index is 0.0285. The molecule has 2 unspecified atom stereocenters. The summed E-state index contributed by atoms with van der Waals surface area (Å²) in [5, 5.41) is 23.1. The first-order valence-corrected chi connectivity index (χ1v) is 6.08. The van der Waals surface area contributed by atoms with Crippen LogP contribution in [-0.4, -0.2) is 40.8 Å². The first-order valence-electron chi connectivity index (χ1n) is 6.08. The number of benzene rings is 1. The van der Waals surface area contributed by atoms with Crippen LogP contribution in [0.1, 0.15) is 25.5 Å². The Bertz CT molecular complexity index is 375. The van der Waals surface area contributed by atoms with Gasteiger partial charge in [0.25, 0.3) is 0 Å². The third-order valence-corrected chi connectivity index (χ3v) is 3.43. The smallest absolute Gasteiger partial charge is 0.124 e. The minimum Gasteiger partial charge on any atom is -0.507 e. The number of phenolic OH excluding ortho intramolecular Hbond substituents is 2. The number of phenols is 2. The predicted octanol–water partition coefficient (Wildman–Crippen LogP) is 1.45. The molecule has 1 aliphatic heterocycles. The SMILES string of the molecule is CC1CN(C(C)c2c(O)cccc2O)CCN1. The van der Waals surface area contributed by atoms with Gasteiger partial charge in [-0.25, -0.2) is 0 Å². The van der Waals surface area contributed by atoms with Crippen LogP contribution in [0.25, 0.3) is 0 Å². The number of hydrogen-bond donors (Lipinski definition) is 3.